The number of nitrogens with zero attached hydrogens (tertiary/aromatic N) is 3. The SMILES string of the molecule is CN(C)CCCC1(CCCN(C)C)OCc2cc(C#N)ccc21. The molecule has 0 radical (unpaired) electrons. The van der Waals surface area contributed by atoms with Crippen molar-refractivity contribution in [3.8, 4) is 6.07 Å². The molecule has 0 aromatic heterocycles. The van der Waals surface area contributed by atoms with Crippen molar-refractivity contribution >= 4 is 0 Å². The van der Waals surface area contributed by atoms with E-state index < -0.39 is 0 Å². The Morgan fingerprint density at radius 1 is 1.09 bits per heavy atom. The first-order valence-corrected chi connectivity index (χ1v) is 8.44. The largest absolute Gasteiger partial charge is 0.366 e. The fraction of sp³-hybridized carbons (Fsp3) is 0.632. The Morgan fingerprint density at radius 3 is 2.22 bits per heavy atom. The third-order valence-electron chi connectivity index (χ3n) is 4.60. The Balaban J connectivity index is 2.17. The highest BCUT2D eigenvalue weighted by Crippen LogP contribution is 2.43. The van der Waals surface area contributed by atoms with Crippen molar-refractivity contribution in [1.82, 2.24) is 9.80 Å². The highest BCUT2D eigenvalue weighted by atomic mass is 16.5. The van der Waals surface area contributed by atoms with Crippen LogP contribution in [0.25, 0.3) is 0 Å². The number of nitriles is 1. The van der Waals surface area contributed by atoms with Crippen LogP contribution in [0.5, 0.6) is 0 Å². The number of fused-ring (bicyclic) bond motifs is 1. The van der Waals surface area contributed by atoms with Crippen molar-refractivity contribution < 1.29 is 4.74 Å². The maximum Gasteiger partial charge on any atom is 0.0991 e. The molecule has 0 bridgehead atoms. The van der Waals surface area contributed by atoms with E-state index in [0.717, 1.165) is 44.3 Å². The summed E-state index contributed by atoms with van der Waals surface area (Å²) in [5.41, 5.74) is 3.05. The lowest BCUT2D eigenvalue weighted by Gasteiger charge is -2.31. The second kappa shape index (κ2) is 7.92. The Labute approximate surface area is 140 Å². The number of rotatable bonds is 8. The Bertz CT molecular complexity index is 546. The number of hydrogen-bond acceptors (Lipinski definition) is 4. The molecule has 0 amide bonds. The van der Waals surface area contributed by atoms with Crippen LogP contribution in [0.1, 0.15) is 42.4 Å². The van der Waals surface area contributed by atoms with E-state index in [1.165, 1.54) is 11.1 Å². The Morgan fingerprint density at radius 2 is 1.70 bits per heavy atom. The first-order chi connectivity index (χ1) is 11.0. The van der Waals surface area contributed by atoms with Crippen LogP contribution in [0.2, 0.25) is 0 Å². The van der Waals surface area contributed by atoms with Gasteiger partial charge in [0.1, 0.15) is 0 Å². The molecule has 1 aromatic rings. The zero-order valence-electron chi connectivity index (χ0n) is 14.9. The van der Waals surface area contributed by atoms with E-state index in [9.17, 15) is 0 Å². The highest BCUT2D eigenvalue weighted by molar-refractivity contribution is 5.42. The van der Waals surface area contributed by atoms with Gasteiger partial charge in [-0.05, 0) is 90.2 Å². The first-order valence-electron chi connectivity index (χ1n) is 8.44. The summed E-state index contributed by atoms with van der Waals surface area (Å²) in [6, 6.07) is 8.27. The molecule has 0 spiro atoms. The van der Waals surface area contributed by atoms with Crippen LogP contribution in [0.3, 0.4) is 0 Å². The Hall–Kier alpha value is -1.41. The molecule has 1 aliphatic rings. The van der Waals surface area contributed by atoms with Crippen molar-refractivity contribution in [2.75, 3.05) is 41.3 Å². The molecule has 4 nitrogen and oxygen atoms in total. The van der Waals surface area contributed by atoms with Gasteiger partial charge in [0, 0.05) is 0 Å². The van der Waals surface area contributed by atoms with Crippen molar-refractivity contribution in [2.45, 2.75) is 37.9 Å². The topological polar surface area (TPSA) is 39.5 Å². The number of benzene rings is 1. The van der Waals surface area contributed by atoms with E-state index in [-0.39, 0.29) is 5.60 Å². The molecule has 0 atom stereocenters. The molecule has 0 aliphatic carbocycles. The predicted molar refractivity (Wildman–Crippen MR) is 93.2 cm³/mol. The minimum Gasteiger partial charge on any atom is -0.366 e. The molecule has 23 heavy (non-hydrogen) atoms. The molecule has 126 valence electrons. The lowest BCUT2D eigenvalue weighted by molar-refractivity contribution is -0.0548. The van der Waals surface area contributed by atoms with E-state index in [2.05, 4.69) is 50.1 Å². The minimum atomic E-state index is -0.171. The average molecular weight is 315 g/mol. The van der Waals surface area contributed by atoms with Gasteiger partial charge in [0.15, 0.2) is 0 Å². The van der Waals surface area contributed by atoms with Gasteiger partial charge in [-0.3, -0.25) is 0 Å². The van der Waals surface area contributed by atoms with Gasteiger partial charge in [0.25, 0.3) is 0 Å². The lowest BCUT2D eigenvalue weighted by atomic mass is 9.83. The van der Waals surface area contributed by atoms with Crippen molar-refractivity contribution in [3.05, 3.63) is 34.9 Å². The van der Waals surface area contributed by atoms with E-state index in [1.807, 2.05) is 12.1 Å². The fourth-order valence-corrected chi connectivity index (χ4v) is 3.42. The fourth-order valence-electron chi connectivity index (χ4n) is 3.42. The Kier molecular flexibility index (Phi) is 6.17. The minimum absolute atomic E-state index is 0.171. The van der Waals surface area contributed by atoms with Gasteiger partial charge in [0.05, 0.1) is 23.8 Å². The third kappa shape index (κ3) is 4.54. The van der Waals surface area contributed by atoms with E-state index in [1.54, 1.807) is 0 Å². The molecule has 1 aliphatic heterocycles. The molecule has 0 fully saturated rings. The van der Waals surface area contributed by atoms with Crippen LogP contribution in [-0.4, -0.2) is 51.1 Å². The van der Waals surface area contributed by atoms with Gasteiger partial charge in [0.2, 0.25) is 0 Å². The lowest BCUT2D eigenvalue weighted by Crippen LogP contribution is -2.28. The van der Waals surface area contributed by atoms with Crippen molar-refractivity contribution in [2.24, 2.45) is 0 Å². The molecule has 1 heterocycles. The first kappa shape index (κ1) is 17.9. The standard InChI is InChI=1S/C19H29N3O/c1-21(2)11-5-9-19(10-6-12-22(3)4)18-8-7-16(14-20)13-17(18)15-23-19/h7-8,13H,5-6,9-12,15H2,1-4H3. The van der Waals surface area contributed by atoms with Crippen LogP contribution in [0, 0.1) is 11.3 Å². The van der Waals surface area contributed by atoms with Gasteiger partial charge in [-0.25, -0.2) is 0 Å². The van der Waals surface area contributed by atoms with Gasteiger partial charge in [-0.1, -0.05) is 6.07 Å². The second-order valence-corrected chi connectivity index (χ2v) is 7.08. The molecule has 0 saturated carbocycles. The average Bonchev–Trinajstić information content (AvgIpc) is 2.85. The second-order valence-electron chi connectivity index (χ2n) is 7.08. The van der Waals surface area contributed by atoms with E-state index in [0.29, 0.717) is 6.61 Å². The zero-order valence-corrected chi connectivity index (χ0v) is 14.9. The molecule has 2 rings (SSSR count). The summed E-state index contributed by atoms with van der Waals surface area (Å²) in [5.74, 6) is 0. The zero-order chi connectivity index (χ0) is 16.9. The molecule has 1 aromatic carbocycles. The number of ether oxygens (including phenoxy) is 1. The normalized spacial score (nSPS) is 15.9. The van der Waals surface area contributed by atoms with Gasteiger partial charge >= 0.3 is 0 Å². The van der Waals surface area contributed by atoms with Gasteiger partial charge in [-0.2, -0.15) is 5.26 Å². The molecule has 4 heteroatoms. The third-order valence-corrected chi connectivity index (χ3v) is 4.60. The van der Waals surface area contributed by atoms with E-state index >= 15 is 0 Å². The quantitative estimate of drug-likeness (QED) is 0.739. The molecule has 0 unspecified atom stereocenters. The maximum atomic E-state index is 9.10. The maximum absolute atomic E-state index is 9.10. The predicted octanol–water partition coefficient (Wildman–Crippen LogP) is 2.97. The van der Waals surface area contributed by atoms with Crippen LogP contribution in [-0.2, 0) is 16.9 Å². The molecular weight excluding hydrogens is 286 g/mol. The van der Waals surface area contributed by atoms with Crippen LogP contribution < -0.4 is 0 Å². The monoisotopic (exact) mass is 315 g/mol. The van der Waals surface area contributed by atoms with Crippen LogP contribution in [0.4, 0.5) is 0 Å². The number of hydrogen-bond donors (Lipinski definition) is 0. The summed E-state index contributed by atoms with van der Waals surface area (Å²) in [6.45, 7) is 2.78. The van der Waals surface area contributed by atoms with Crippen LogP contribution >= 0.6 is 0 Å². The van der Waals surface area contributed by atoms with E-state index in [4.69, 9.17) is 10.00 Å². The summed E-state index contributed by atoms with van der Waals surface area (Å²) in [4.78, 5) is 4.45. The molecule has 0 N–H and O–H groups in total. The summed E-state index contributed by atoms with van der Waals surface area (Å²) >= 11 is 0. The summed E-state index contributed by atoms with van der Waals surface area (Å²) < 4.78 is 6.33. The smallest absolute Gasteiger partial charge is 0.0991 e. The molecular formula is C19H29N3O. The summed E-state index contributed by atoms with van der Waals surface area (Å²) in [5, 5.41) is 9.10. The van der Waals surface area contributed by atoms with Gasteiger partial charge < -0.3 is 14.5 Å². The van der Waals surface area contributed by atoms with Crippen molar-refractivity contribution in [3.63, 3.8) is 0 Å². The van der Waals surface area contributed by atoms with Gasteiger partial charge in [-0.15, -0.1) is 0 Å². The van der Waals surface area contributed by atoms with Crippen LogP contribution in [0.15, 0.2) is 18.2 Å². The summed E-state index contributed by atoms with van der Waals surface area (Å²) in [6.07, 6.45) is 4.32. The highest BCUT2D eigenvalue weighted by Gasteiger charge is 2.39. The summed E-state index contributed by atoms with van der Waals surface area (Å²) in [7, 11) is 8.45. The van der Waals surface area contributed by atoms with Crippen molar-refractivity contribution in [1.29, 1.82) is 5.26 Å². The molecule has 0 saturated heterocycles.